The maximum Gasteiger partial charge on any atom is 0.239 e. The van der Waals surface area contributed by atoms with Crippen molar-refractivity contribution in [3.63, 3.8) is 0 Å². The van der Waals surface area contributed by atoms with E-state index in [1.807, 2.05) is 9.24 Å². The number of hydrogen-bond acceptors (Lipinski definition) is 5. The van der Waals surface area contributed by atoms with Crippen LogP contribution in [0.1, 0.15) is 56.6 Å². The highest BCUT2D eigenvalue weighted by atomic mass is 35.5. The zero-order valence-corrected chi connectivity index (χ0v) is 23.5. The molecule has 0 bridgehead atoms. The normalized spacial score (nSPS) is 22.2. The van der Waals surface area contributed by atoms with Gasteiger partial charge in [0.05, 0.1) is 23.8 Å². The molecule has 1 unspecified atom stereocenters. The summed E-state index contributed by atoms with van der Waals surface area (Å²) in [6.07, 6.45) is -0.168. The maximum atomic E-state index is 14.3. The van der Waals surface area contributed by atoms with Crippen molar-refractivity contribution in [2.45, 2.75) is 63.6 Å². The predicted molar refractivity (Wildman–Crippen MR) is 148 cm³/mol. The lowest BCUT2D eigenvalue weighted by atomic mass is 9.73. The summed E-state index contributed by atoms with van der Waals surface area (Å²) >= 11 is 6.15. The number of carbonyl (C=O) groups excluding carboxylic acids is 2. The Kier molecular flexibility index (Phi) is 10.2. The summed E-state index contributed by atoms with van der Waals surface area (Å²) in [5.74, 6) is -2.46. The van der Waals surface area contributed by atoms with Crippen LogP contribution in [-0.2, 0) is 4.79 Å². The fraction of sp³-hybridized carbons (Fsp3) is 0.481. The van der Waals surface area contributed by atoms with Gasteiger partial charge in [-0.05, 0) is 62.9 Å². The average Bonchev–Trinajstić information content (AvgIpc) is 3.17. The Bertz CT molecular complexity index is 1160. The quantitative estimate of drug-likeness (QED) is 0.285. The number of halogens is 3. The van der Waals surface area contributed by atoms with Crippen molar-refractivity contribution in [3.05, 3.63) is 64.2 Å². The van der Waals surface area contributed by atoms with Crippen LogP contribution in [-0.4, -0.2) is 53.1 Å². The summed E-state index contributed by atoms with van der Waals surface area (Å²) in [4.78, 5) is 25.5. The minimum atomic E-state index is -0.961. The van der Waals surface area contributed by atoms with Crippen LogP contribution in [0.4, 0.5) is 19.3 Å². The molecule has 2 aromatic rings. The lowest BCUT2D eigenvalue weighted by Gasteiger charge is -2.31. The van der Waals surface area contributed by atoms with Gasteiger partial charge < -0.3 is 26.2 Å². The van der Waals surface area contributed by atoms with E-state index < -0.39 is 47.9 Å². The van der Waals surface area contributed by atoms with E-state index >= 15 is 0 Å². The van der Waals surface area contributed by atoms with Gasteiger partial charge in [0.15, 0.2) is 0 Å². The number of aliphatic hydroxyl groups is 2. The third-order valence-electron chi connectivity index (χ3n) is 6.64. The molecule has 2 amide bonds. The molecule has 2 aromatic carbocycles. The van der Waals surface area contributed by atoms with Crippen molar-refractivity contribution in [2.24, 2.45) is 5.41 Å². The summed E-state index contributed by atoms with van der Waals surface area (Å²) < 4.78 is 28.4. The molecular weight excluding hydrogens is 535 g/mol. The molecule has 1 aliphatic rings. The van der Waals surface area contributed by atoms with Crippen LogP contribution >= 0.6 is 20.8 Å². The Labute approximate surface area is 228 Å². The van der Waals surface area contributed by atoms with E-state index in [-0.39, 0.29) is 41.0 Å². The molecule has 6 atom stereocenters. The number of anilines is 1. The Morgan fingerprint density at radius 1 is 1.16 bits per heavy atom. The third-order valence-corrected chi connectivity index (χ3v) is 7.07. The van der Waals surface area contributed by atoms with Crippen LogP contribution < -0.4 is 16.0 Å². The highest BCUT2D eigenvalue weighted by Gasteiger charge is 2.49. The molecule has 1 heterocycles. The van der Waals surface area contributed by atoms with Gasteiger partial charge >= 0.3 is 0 Å². The monoisotopic (exact) mass is 569 g/mol. The Morgan fingerprint density at radius 3 is 2.47 bits per heavy atom. The zero-order valence-electron chi connectivity index (χ0n) is 21.6. The lowest BCUT2D eigenvalue weighted by molar-refractivity contribution is -0.123. The van der Waals surface area contributed by atoms with Gasteiger partial charge in [-0.25, -0.2) is 8.78 Å². The standard InChI is InChI=1S/C27H35ClF2N3O4P/c1-27(2,3)12-21-23(17-6-5-15(29)11-20(17)33-26(37)38)22(14-4-7-19(30)18(28)10-14)24(32-21)25(36)31-9-8-16(35)13-34/h4-7,10-11,16,21-24,32,34-35H,8-9,12-13,38H2,1-3H3,(H,31,36)(H,33,37)/t16-,21+,22+,23+,24+/m0/s1. The second-order valence-electron chi connectivity index (χ2n) is 10.9. The van der Waals surface area contributed by atoms with E-state index in [4.69, 9.17) is 16.7 Å². The molecule has 1 saturated heterocycles. The maximum absolute atomic E-state index is 14.3. The topological polar surface area (TPSA) is 111 Å². The number of hydrogen-bond donors (Lipinski definition) is 5. The molecule has 11 heteroatoms. The first kappa shape index (κ1) is 30.4. The molecule has 1 aliphatic heterocycles. The van der Waals surface area contributed by atoms with E-state index in [1.165, 1.54) is 24.3 Å². The van der Waals surface area contributed by atoms with Gasteiger partial charge in [0.25, 0.3) is 0 Å². The number of amides is 2. The van der Waals surface area contributed by atoms with Crippen LogP contribution in [0.25, 0.3) is 0 Å². The van der Waals surface area contributed by atoms with Crippen LogP contribution in [0.3, 0.4) is 0 Å². The van der Waals surface area contributed by atoms with E-state index in [1.54, 1.807) is 12.1 Å². The fourth-order valence-electron chi connectivity index (χ4n) is 5.13. The molecule has 0 aromatic heterocycles. The minimum absolute atomic E-state index is 0.0941. The van der Waals surface area contributed by atoms with Gasteiger partial charge in [-0.15, -0.1) is 0 Å². The molecule has 0 spiro atoms. The van der Waals surface area contributed by atoms with Gasteiger partial charge in [0.2, 0.25) is 11.6 Å². The van der Waals surface area contributed by atoms with Gasteiger partial charge in [0, 0.05) is 30.1 Å². The second-order valence-corrected chi connectivity index (χ2v) is 11.8. The van der Waals surface area contributed by atoms with E-state index in [0.29, 0.717) is 17.5 Å². The summed E-state index contributed by atoms with van der Waals surface area (Å²) in [5.41, 5.74) is 0.893. The van der Waals surface area contributed by atoms with E-state index in [0.717, 1.165) is 0 Å². The molecule has 0 radical (unpaired) electrons. The minimum Gasteiger partial charge on any atom is -0.394 e. The van der Waals surface area contributed by atoms with Gasteiger partial charge in [-0.2, -0.15) is 0 Å². The fourth-order valence-corrected chi connectivity index (χ4v) is 5.48. The lowest BCUT2D eigenvalue weighted by Crippen LogP contribution is -2.46. The van der Waals surface area contributed by atoms with Crippen molar-refractivity contribution in [2.75, 3.05) is 18.5 Å². The smallest absolute Gasteiger partial charge is 0.239 e. The number of nitrogens with one attached hydrogen (secondary N) is 3. The summed E-state index contributed by atoms with van der Waals surface area (Å²) in [7, 11) is 2.01. The third kappa shape index (κ3) is 7.70. The molecule has 1 fully saturated rings. The first-order valence-electron chi connectivity index (χ1n) is 12.4. The Hall–Kier alpha value is -2.16. The number of carbonyl (C=O) groups is 2. The summed E-state index contributed by atoms with van der Waals surface area (Å²) in [6.45, 7) is 5.91. The van der Waals surface area contributed by atoms with E-state index in [2.05, 4.69) is 36.7 Å². The Morgan fingerprint density at radius 2 is 1.87 bits per heavy atom. The first-order chi connectivity index (χ1) is 17.8. The Balaban J connectivity index is 2.14. The average molecular weight is 570 g/mol. The number of aliphatic hydroxyl groups excluding tert-OH is 2. The van der Waals surface area contributed by atoms with Crippen molar-refractivity contribution < 1.29 is 28.6 Å². The van der Waals surface area contributed by atoms with Crippen LogP contribution in [0.5, 0.6) is 0 Å². The molecule has 208 valence electrons. The summed E-state index contributed by atoms with van der Waals surface area (Å²) in [5, 5.41) is 27.6. The number of rotatable bonds is 9. The van der Waals surface area contributed by atoms with E-state index in [9.17, 15) is 23.5 Å². The molecule has 5 N–H and O–H groups in total. The van der Waals surface area contributed by atoms with Crippen LogP contribution in [0.2, 0.25) is 5.02 Å². The van der Waals surface area contributed by atoms with Crippen molar-refractivity contribution in [1.29, 1.82) is 0 Å². The largest absolute Gasteiger partial charge is 0.394 e. The van der Waals surface area contributed by atoms with Crippen molar-refractivity contribution >= 4 is 38.1 Å². The molecule has 7 nitrogen and oxygen atoms in total. The van der Waals surface area contributed by atoms with Crippen molar-refractivity contribution in [3.8, 4) is 0 Å². The number of benzene rings is 2. The molecule has 3 rings (SSSR count). The predicted octanol–water partition coefficient (Wildman–Crippen LogP) is 4.53. The molecule has 0 aliphatic carbocycles. The SMILES string of the molecule is CC(C)(C)C[C@H]1N[C@@H](C(=O)NCC[C@H](O)CO)[C@H](c2ccc(F)c(Cl)c2)[C@@H]1c1ccc(F)cc1NC(=O)P. The van der Waals surface area contributed by atoms with Crippen molar-refractivity contribution in [1.82, 2.24) is 10.6 Å². The van der Waals surface area contributed by atoms with Gasteiger partial charge in [-0.3, -0.25) is 9.59 Å². The molecular formula is C27H35ClF2N3O4P. The van der Waals surface area contributed by atoms with Gasteiger partial charge in [0.1, 0.15) is 11.6 Å². The van der Waals surface area contributed by atoms with Crippen LogP contribution in [0.15, 0.2) is 36.4 Å². The highest BCUT2D eigenvalue weighted by Crippen LogP contribution is 2.48. The molecule has 0 saturated carbocycles. The highest BCUT2D eigenvalue weighted by molar-refractivity contribution is 7.40. The zero-order chi connectivity index (χ0) is 28.2. The van der Waals surface area contributed by atoms with Gasteiger partial charge in [-0.1, -0.05) is 44.5 Å². The molecule has 38 heavy (non-hydrogen) atoms. The second kappa shape index (κ2) is 12.8. The van der Waals surface area contributed by atoms with Crippen LogP contribution in [0, 0.1) is 17.0 Å². The summed E-state index contributed by atoms with van der Waals surface area (Å²) in [6, 6.07) is 7.39. The first-order valence-corrected chi connectivity index (χ1v) is 13.4.